The molecule has 0 heterocycles. The summed E-state index contributed by atoms with van der Waals surface area (Å²) in [7, 11) is 6.01. The third-order valence-electron chi connectivity index (χ3n) is 5.27. The van der Waals surface area contributed by atoms with Crippen molar-refractivity contribution in [1.29, 1.82) is 0 Å². The highest BCUT2D eigenvalue weighted by atomic mass is 32.2. The zero-order valence-corrected chi connectivity index (χ0v) is 19.8. The fraction of sp³-hybridized carbons (Fsp3) is 0.280. The van der Waals surface area contributed by atoms with Crippen LogP contribution in [0.5, 0.6) is 5.75 Å². The zero-order chi connectivity index (χ0) is 25.8. The Balaban J connectivity index is 2.27. The van der Waals surface area contributed by atoms with E-state index >= 15 is 0 Å². The van der Waals surface area contributed by atoms with Crippen LogP contribution in [0.15, 0.2) is 72.8 Å². The lowest BCUT2D eigenvalue weighted by Gasteiger charge is -2.37. The van der Waals surface area contributed by atoms with E-state index in [1.54, 1.807) is 68.4 Å². The van der Waals surface area contributed by atoms with Gasteiger partial charge in [-0.1, -0.05) is 60.1 Å². The minimum absolute atomic E-state index is 0.0426. The highest BCUT2D eigenvalue weighted by Crippen LogP contribution is 2.38. The molecule has 0 aliphatic carbocycles. The first kappa shape index (κ1) is 27.0. The Hall–Kier alpha value is -2.56. The molecule has 3 aromatic rings. The molecule has 2 radical (unpaired) electrons. The summed E-state index contributed by atoms with van der Waals surface area (Å²) in [6.07, 6.45) is -8.86. The van der Waals surface area contributed by atoms with Gasteiger partial charge in [0.05, 0.1) is 0 Å². The van der Waals surface area contributed by atoms with Crippen molar-refractivity contribution in [2.45, 2.75) is 43.6 Å². The van der Waals surface area contributed by atoms with Crippen LogP contribution in [-0.2, 0) is 23.3 Å². The summed E-state index contributed by atoms with van der Waals surface area (Å²) in [4.78, 5) is 0. The quantitative estimate of drug-likeness (QED) is 0.239. The number of rotatable bonds is 10. The fourth-order valence-corrected chi connectivity index (χ4v) is 4.48. The SMILES string of the molecule is [B]c1cccc([C@@](Cc2ccccc2)(N[S+]([O-])C(C)C)c2cc(F)cc(OC(F)(F)C(F)F)c2)c1. The molecule has 0 aromatic heterocycles. The van der Waals surface area contributed by atoms with Crippen molar-refractivity contribution in [3.05, 3.63) is 95.3 Å². The van der Waals surface area contributed by atoms with Gasteiger partial charge in [0.2, 0.25) is 0 Å². The van der Waals surface area contributed by atoms with Crippen LogP contribution in [0.2, 0.25) is 0 Å². The van der Waals surface area contributed by atoms with E-state index in [1.165, 1.54) is 0 Å². The van der Waals surface area contributed by atoms with Gasteiger partial charge in [0.1, 0.15) is 30.2 Å². The molecule has 0 saturated carbocycles. The molecule has 0 fully saturated rings. The summed E-state index contributed by atoms with van der Waals surface area (Å²) >= 11 is -1.68. The maximum Gasteiger partial charge on any atom is 0.461 e. The largest absolute Gasteiger partial charge is 0.598 e. The van der Waals surface area contributed by atoms with Crippen LogP contribution in [0.25, 0.3) is 0 Å². The van der Waals surface area contributed by atoms with Crippen LogP contribution in [0, 0.1) is 5.82 Å². The van der Waals surface area contributed by atoms with E-state index in [2.05, 4.69) is 9.46 Å². The van der Waals surface area contributed by atoms with Gasteiger partial charge in [-0.2, -0.15) is 17.6 Å². The second-order valence-electron chi connectivity index (χ2n) is 8.28. The highest BCUT2D eigenvalue weighted by Gasteiger charge is 2.45. The van der Waals surface area contributed by atoms with Crippen LogP contribution >= 0.6 is 0 Å². The first-order valence-electron chi connectivity index (χ1n) is 10.7. The molecule has 1 unspecified atom stereocenters. The molecule has 0 spiro atoms. The topological polar surface area (TPSA) is 44.3 Å². The Kier molecular flexibility index (Phi) is 8.51. The van der Waals surface area contributed by atoms with Crippen molar-refractivity contribution in [1.82, 2.24) is 4.72 Å². The average molecular weight is 507 g/mol. The minimum atomic E-state index is -4.83. The van der Waals surface area contributed by atoms with E-state index in [4.69, 9.17) is 7.85 Å². The van der Waals surface area contributed by atoms with Crippen molar-refractivity contribution >= 4 is 24.7 Å². The number of nitrogens with one attached hydrogen (secondary N) is 1. The second-order valence-corrected chi connectivity index (χ2v) is 10.0. The predicted octanol–water partition coefficient (Wildman–Crippen LogP) is 5.00. The monoisotopic (exact) mass is 507 g/mol. The number of ether oxygens (including phenoxy) is 1. The predicted molar refractivity (Wildman–Crippen MR) is 127 cm³/mol. The van der Waals surface area contributed by atoms with Gasteiger partial charge in [0, 0.05) is 23.8 Å². The van der Waals surface area contributed by atoms with E-state index in [-0.39, 0.29) is 17.2 Å². The van der Waals surface area contributed by atoms with Gasteiger partial charge < -0.3 is 9.29 Å². The average Bonchev–Trinajstić information content (AvgIpc) is 2.78. The Morgan fingerprint density at radius 2 is 1.66 bits per heavy atom. The molecule has 0 saturated heterocycles. The van der Waals surface area contributed by atoms with Crippen molar-refractivity contribution in [3.63, 3.8) is 0 Å². The van der Waals surface area contributed by atoms with Gasteiger partial charge in [0.15, 0.2) is 0 Å². The fourth-order valence-electron chi connectivity index (χ4n) is 3.59. The summed E-state index contributed by atoms with van der Waals surface area (Å²) in [5, 5.41) is -0.376. The Bertz CT molecular complexity index is 1140. The smallest absolute Gasteiger partial charge is 0.461 e. The van der Waals surface area contributed by atoms with Gasteiger partial charge in [0.25, 0.3) is 0 Å². The minimum Gasteiger partial charge on any atom is -0.598 e. The molecule has 2 atom stereocenters. The van der Waals surface area contributed by atoms with Gasteiger partial charge in [-0.05, 0) is 42.7 Å². The van der Waals surface area contributed by atoms with Crippen LogP contribution in [-0.4, -0.2) is 30.2 Å². The molecule has 0 aliphatic heterocycles. The van der Waals surface area contributed by atoms with Crippen LogP contribution < -0.4 is 14.9 Å². The van der Waals surface area contributed by atoms with E-state index in [0.29, 0.717) is 17.1 Å². The Morgan fingerprint density at radius 1 is 0.971 bits per heavy atom. The summed E-state index contributed by atoms with van der Waals surface area (Å²) in [6, 6.07) is 18.2. The summed E-state index contributed by atoms with van der Waals surface area (Å²) in [6.45, 7) is 3.41. The van der Waals surface area contributed by atoms with Crippen LogP contribution in [0.1, 0.15) is 30.5 Å². The van der Waals surface area contributed by atoms with E-state index in [0.717, 1.165) is 17.7 Å². The van der Waals surface area contributed by atoms with Crippen LogP contribution in [0.3, 0.4) is 0 Å². The maximum atomic E-state index is 14.7. The van der Waals surface area contributed by atoms with Crippen LogP contribution in [0.4, 0.5) is 22.0 Å². The molecular formula is C25H23BF5NO2S. The normalized spacial score (nSPS) is 14.7. The molecule has 3 aromatic carbocycles. The molecule has 35 heavy (non-hydrogen) atoms. The first-order valence-corrected chi connectivity index (χ1v) is 11.9. The van der Waals surface area contributed by atoms with Gasteiger partial charge in [-0.3, -0.25) is 0 Å². The van der Waals surface area contributed by atoms with E-state index in [1.807, 2.05) is 0 Å². The molecule has 10 heteroatoms. The third kappa shape index (κ3) is 6.56. The zero-order valence-electron chi connectivity index (χ0n) is 19.0. The van der Waals surface area contributed by atoms with Crippen molar-refractivity contribution < 1.29 is 31.2 Å². The maximum absolute atomic E-state index is 14.7. The van der Waals surface area contributed by atoms with Crippen molar-refractivity contribution in [2.75, 3.05) is 0 Å². The van der Waals surface area contributed by atoms with E-state index in [9.17, 15) is 26.5 Å². The highest BCUT2D eigenvalue weighted by molar-refractivity contribution is 7.90. The molecule has 0 bridgehead atoms. The third-order valence-corrected chi connectivity index (χ3v) is 6.67. The number of halogens is 5. The standard InChI is InChI=1S/C25H23BF5NO2S/c1-16(2)35(33)32-24(15-17-7-4-3-5-8-17,18-9-6-10-20(26)11-18)19-12-21(27)14-22(13-19)34-25(30,31)23(28)29/h3-14,16,23,32H,15H2,1-2H3/t24-,35?/m1/s1. The number of hydrogen-bond donors (Lipinski definition) is 1. The summed E-state index contributed by atoms with van der Waals surface area (Å²) in [5.74, 6) is -1.80. The Labute approximate surface area is 205 Å². The van der Waals surface area contributed by atoms with E-state index < -0.39 is 41.0 Å². The molecule has 0 aliphatic rings. The molecule has 3 rings (SSSR count). The van der Waals surface area contributed by atoms with Gasteiger partial charge in [-0.25, -0.2) is 4.39 Å². The molecule has 1 N–H and O–H groups in total. The number of alkyl halides is 4. The van der Waals surface area contributed by atoms with Gasteiger partial charge >= 0.3 is 12.5 Å². The lowest BCUT2D eigenvalue weighted by molar-refractivity contribution is -0.253. The number of hydrogen-bond acceptors (Lipinski definition) is 3. The van der Waals surface area contributed by atoms with Crippen molar-refractivity contribution in [3.8, 4) is 5.75 Å². The number of benzene rings is 3. The summed E-state index contributed by atoms with van der Waals surface area (Å²) < 4.78 is 87.9. The molecule has 184 valence electrons. The van der Waals surface area contributed by atoms with Gasteiger partial charge in [-0.15, -0.1) is 4.72 Å². The summed E-state index contributed by atoms with van der Waals surface area (Å²) in [5.41, 5.74) is 0.155. The lowest BCUT2D eigenvalue weighted by atomic mass is 9.77. The lowest BCUT2D eigenvalue weighted by Crippen LogP contribution is -2.51. The molecular weight excluding hydrogens is 484 g/mol. The first-order chi connectivity index (χ1) is 16.4. The molecule has 3 nitrogen and oxygen atoms in total. The second kappa shape index (κ2) is 11.0. The Morgan fingerprint density at radius 3 is 2.26 bits per heavy atom. The molecule has 0 amide bonds. The van der Waals surface area contributed by atoms with Crippen molar-refractivity contribution in [2.24, 2.45) is 0 Å².